The first-order chi connectivity index (χ1) is 12.1. The fourth-order valence-electron chi connectivity index (χ4n) is 2.96. The van der Waals surface area contributed by atoms with Crippen molar-refractivity contribution in [2.24, 2.45) is 11.7 Å². The number of nitrogens with two attached hydrogens (primary N) is 1. The fraction of sp³-hybridized carbons (Fsp3) is 0.316. The highest BCUT2D eigenvalue weighted by molar-refractivity contribution is 7.98. The van der Waals surface area contributed by atoms with E-state index in [1.54, 1.807) is 11.8 Å². The molecule has 1 amide bonds. The molecule has 1 fully saturated rings. The van der Waals surface area contributed by atoms with Gasteiger partial charge in [0.1, 0.15) is 0 Å². The third-order valence-electron chi connectivity index (χ3n) is 4.38. The average molecular weight is 395 g/mol. The van der Waals surface area contributed by atoms with Gasteiger partial charge in [0.2, 0.25) is 0 Å². The zero-order valence-electron chi connectivity index (χ0n) is 13.8. The van der Waals surface area contributed by atoms with Crippen molar-refractivity contribution < 1.29 is 4.79 Å². The summed E-state index contributed by atoms with van der Waals surface area (Å²) in [4.78, 5) is 15.4. The predicted molar refractivity (Wildman–Crippen MR) is 106 cm³/mol. The summed E-state index contributed by atoms with van der Waals surface area (Å²) in [6.45, 7) is 2.18. The van der Waals surface area contributed by atoms with Crippen molar-refractivity contribution in [2.75, 3.05) is 19.6 Å². The first-order valence-corrected chi connectivity index (χ1v) is 9.97. The van der Waals surface area contributed by atoms with Crippen molar-refractivity contribution in [1.82, 2.24) is 4.90 Å². The van der Waals surface area contributed by atoms with Crippen molar-refractivity contribution in [3.63, 3.8) is 0 Å². The quantitative estimate of drug-likeness (QED) is 0.746. The minimum absolute atomic E-state index is 0.0820. The van der Waals surface area contributed by atoms with E-state index < -0.39 is 0 Å². The molecule has 132 valence electrons. The summed E-state index contributed by atoms with van der Waals surface area (Å²) >= 11 is 14.0. The SMILES string of the molecule is NCC1CCN(C(=O)c2cccc(CSc3c(Cl)cccc3Cl)c2)C1. The van der Waals surface area contributed by atoms with E-state index in [4.69, 9.17) is 28.9 Å². The molecule has 1 aliphatic heterocycles. The Balaban J connectivity index is 1.68. The molecule has 0 aromatic heterocycles. The highest BCUT2D eigenvalue weighted by Crippen LogP contribution is 2.35. The van der Waals surface area contributed by atoms with Crippen LogP contribution >= 0.6 is 35.0 Å². The zero-order valence-corrected chi connectivity index (χ0v) is 16.1. The third kappa shape index (κ3) is 4.50. The number of hydrogen-bond acceptors (Lipinski definition) is 3. The molecule has 0 aliphatic carbocycles. The van der Waals surface area contributed by atoms with E-state index >= 15 is 0 Å². The van der Waals surface area contributed by atoms with Crippen molar-refractivity contribution in [1.29, 1.82) is 0 Å². The van der Waals surface area contributed by atoms with Gasteiger partial charge < -0.3 is 10.6 Å². The summed E-state index contributed by atoms with van der Waals surface area (Å²) in [6.07, 6.45) is 0.989. The van der Waals surface area contributed by atoms with Gasteiger partial charge in [-0.2, -0.15) is 0 Å². The molecule has 3 nitrogen and oxygen atoms in total. The number of amides is 1. The van der Waals surface area contributed by atoms with E-state index in [1.165, 1.54) is 0 Å². The van der Waals surface area contributed by atoms with Crippen LogP contribution in [0.2, 0.25) is 10.0 Å². The van der Waals surface area contributed by atoms with Crippen LogP contribution in [0.25, 0.3) is 0 Å². The number of rotatable bonds is 5. The predicted octanol–water partition coefficient (Wildman–Crippen LogP) is 4.71. The van der Waals surface area contributed by atoms with Gasteiger partial charge in [-0.1, -0.05) is 41.4 Å². The van der Waals surface area contributed by atoms with Crippen LogP contribution in [-0.4, -0.2) is 30.4 Å². The van der Waals surface area contributed by atoms with Crippen LogP contribution in [0.5, 0.6) is 0 Å². The molecule has 1 unspecified atom stereocenters. The molecule has 0 spiro atoms. The normalized spacial score (nSPS) is 17.1. The Morgan fingerprint density at radius 1 is 1.20 bits per heavy atom. The number of benzene rings is 2. The maximum atomic E-state index is 12.7. The maximum absolute atomic E-state index is 12.7. The molecular weight excluding hydrogens is 375 g/mol. The second-order valence-electron chi connectivity index (χ2n) is 6.18. The summed E-state index contributed by atoms with van der Waals surface area (Å²) in [5, 5.41) is 1.30. The van der Waals surface area contributed by atoms with Crippen LogP contribution in [0.15, 0.2) is 47.4 Å². The van der Waals surface area contributed by atoms with Gasteiger partial charge in [0.15, 0.2) is 0 Å². The molecule has 1 aliphatic rings. The molecule has 1 saturated heterocycles. The molecular formula is C19H20Cl2N2OS. The van der Waals surface area contributed by atoms with E-state index in [2.05, 4.69) is 0 Å². The molecule has 2 aromatic carbocycles. The van der Waals surface area contributed by atoms with Gasteiger partial charge >= 0.3 is 0 Å². The van der Waals surface area contributed by atoms with Crippen LogP contribution in [0.1, 0.15) is 22.3 Å². The summed E-state index contributed by atoms with van der Waals surface area (Å²) in [6, 6.07) is 13.3. The Kier molecular flexibility index (Phi) is 6.29. The van der Waals surface area contributed by atoms with Crippen LogP contribution < -0.4 is 5.73 Å². The van der Waals surface area contributed by atoms with Gasteiger partial charge in [0.25, 0.3) is 5.91 Å². The number of nitrogens with zero attached hydrogens (tertiary/aromatic N) is 1. The fourth-order valence-corrected chi connectivity index (χ4v) is 4.59. The molecule has 0 saturated carbocycles. The Morgan fingerprint density at radius 2 is 1.92 bits per heavy atom. The first-order valence-electron chi connectivity index (χ1n) is 8.23. The van der Waals surface area contributed by atoms with Crippen LogP contribution in [0.3, 0.4) is 0 Å². The van der Waals surface area contributed by atoms with Crippen LogP contribution in [-0.2, 0) is 5.75 Å². The summed E-state index contributed by atoms with van der Waals surface area (Å²) in [7, 11) is 0. The Hall–Kier alpha value is -1.20. The Bertz CT molecular complexity index is 749. The van der Waals surface area contributed by atoms with E-state index in [1.807, 2.05) is 47.4 Å². The maximum Gasteiger partial charge on any atom is 0.253 e. The largest absolute Gasteiger partial charge is 0.338 e. The van der Waals surface area contributed by atoms with Crippen molar-refractivity contribution in [3.05, 3.63) is 63.6 Å². The molecule has 0 bridgehead atoms. The monoisotopic (exact) mass is 394 g/mol. The summed E-state index contributed by atoms with van der Waals surface area (Å²) in [5.41, 5.74) is 7.51. The minimum atomic E-state index is 0.0820. The minimum Gasteiger partial charge on any atom is -0.338 e. The number of halogens is 2. The third-order valence-corrected chi connectivity index (χ3v) is 6.44. The number of carbonyl (C=O) groups is 1. The molecule has 2 N–H and O–H groups in total. The first kappa shape index (κ1) is 18.6. The number of likely N-dealkylation sites (tertiary alicyclic amines) is 1. The van der Waals surface area contributed by atoms with Gasteiger partial charge in [-0.15, -0.1) is 11.8 Å². The lowest BCUT2D eigenvalue weighted by atomic mass is 10.1. The number of hydrogen-bond donors (Lipinski definition) is 1. The van der Waals surface area contributed by atoms with Gasteiger partial charge in [-0.3, -0.25) is 4.79 Å². The van der Waals surface area contributed by atoms with Gasteiger partial charge in [-0.05, 0) is 48.7 Å². The van der Waals surface area contributed by atoms with Crippen molar-refractivity contribution in [2.45, 2.75) is 17.1 Å². The lowest BCUT2D eigenvalue weighted by Gasteiger charge is -2.17. The lowest BCUT2D eigenvalue weighted by molar-refractivity contribution is 0.0787. The highest BCUT2D eigenvalue weighted by atomic mass is 35.5. The molecule has 0 radical (unpaired) electrons. The average Bonchev–Trinajstić information content (AvgIpc) is 3.10. The second-order valence-corrected chi connectivity index (χ2v) is 7.98. The smallest absolute Gasteiger partial charge is 0.253 e. The molecule has 1 atom stereocenters. The van der Waals surface area contributed by atoms with Crippen molar-refractivity contribution in [3.8, 4) is 0 Å². The Labute approximate surface area is 162 Å². The molecule has 3 rings (SSSR count). The standard InChI is InChI=1S/C19H20Cl2N2OS/c20-16-5-2-6-17(21)18(16)25-12-13-3-1-4-15(9-13)19(24)23-8-7-14(10-22)11-23/h1-6,9,14H,7-8,10-12,22H2. The molecule has 25 heavy (non-hydrogen) atoms. The lowest BCUT2D eigenvalue weighted by Crippen LogP contribution is -2.29. The summed E-state index contributed by atoms with van der Waals surface area (Å²) < 4.78 is 0. The number of carbonyl (C=O) groups excluding carboxylic acids is 1. The topological polar surface area (TPSA) is 46.3 Å². The molecule has 2 aromatic rings. The van der Waals surface area contributed by atoms with E-state index in [-0.39, 0.29) is 5.91 Å². The summed E-state index contributed by atoms with van der Waals surface area (Å²) in [5.74, 6) is 1.21. The van der Waals surface area contributed by atoms with Crippen LogP contribution in [0, 0.1) is 5.92 Å². The van der Waals surface area contributed by atoms with Crippen molar-refractivity contribution >= 4 is 40.9 Å². The van der Waals surface area contributed by atoms with E-state index in [9.17, 15) is 4.79 Å². The van der Waals surface area contributed by atoms with Gasteiger partial charge in [-0.25, -0.2) is 0 Å². The van der Waals surface area contributed by atoms with E-state index in [0.29, 0.717) is 28.3 Å². The van der Waals surface area contributed by atoms with E-state index in [0.717, 1.165) is 35.5 Å². The van der Waals surface area contributed by atoms with Gasteiger partial charge in [0.05, 0.1) is 10.0 Å². The second kappa shape index (κ2) is 8.45. The highest BCUT2D eigenvalue weighted by Gasteiger charge is 2.26. The molecule has 6 heteroatoms. The molecule has 1 heterocycles. The number of thioether (sulfide) groups is 1. The van der Waals surface area contributed by atoms with Crippen LogP contribution in [0.4, 0.5) is 0 Å². The van der Waals surface area contributed by atoms with Gasteiger partial charge in [0, 0.05) is 29.3 Å². The zero-order chi connectivity index (χ0) is 17.8. The Morgan fingerprint density at radius 3 is 2.60 bits per heavy atom.